The molecular formula is C17H23N5O2. The van der Waals surface area contributed by atoms with Gasteiger partial charge in [0.25, 0.3) is 5.69 Å². The molecule has 2 aromatic rings. The zero-order valence-electron chi connectivity index (χ0n) is 14.3. The van der Waals surface area contributed by atoms with E-state index >= 15 is 0 Å². The molecule has 1 unspecified atom stereocenters. The van der Waals surface area contributed by atoms with E-state index in [2.05, 4.69) is 33.5 Å². The Morgan fingerprint density at radius 3 is 2.83 bits per heavy atom. The molecular weight excluding hydrogens is 306 g/mol. The minimum Gasteiger partial charge on any atom is -0.371 e. The van der Waals surface area contributed by atoms with E-state index in [1.165, 1.54) is 0 Å². The fourth-order valence-electron chi connectivity index (χ4n) is 3.46. The van der Waals surface area contributed by atoms with Crippen molar-refractivity contribution >= 4 is 11.4 Å². The smallest absolute Gasteiger partial charge is 0.269 e. The van der Waals surface area contributed by atoms with Crippen LogP contribution in [-0.2, 0) is 0 Å². The predicted octanol–water partition coefficient (Wildman–Crippen LogP) is 3.46. The minimum atomic E-state index is -0.346. The summed E-state index contributed by atoms with van der Waals surface area (Å²) < 4.78 is 2.14. The van der Waals surface area contributed by atoms with Crippen LogP contribution in [0, 0.1) is 17.0 Å². The van der Waals surface area contributed by atoms with Crippen LogP contribution in [0.25, 0.3) is 0 Å². The maximum Gasteiger partial charge on any atom is 0.269 e. The van der Waals surface area contributed by atoms with Gasteiger partial charge in [0, 0.05) is 42.9 Å². The number of piperidine rings is 1. The van der Waals surface area contributed by atoms with E-state index in [-0.39, 0.29) is 10.6 Å². The van der Waals surface area contributed by atoms with Crippen molar-refractivity contribution in [2.45, 2.75) is 45.6 Å². The Labute approximate surface area is 141 Å². The molecule has 0 radical (unpaired) electrons. The molecule has 128 valence electrons. The van der Waals surface area contributed by atoms with Crippen LogP contribution in [0.1, 0.15) is 50.0 Å². The summed E-state index contributed by atoms with van der Waals surface area (Å²) in [4.78, 5) is 12.9. The van der Waals surface area contributed by atoms with Crippen LogP contribution >= 0.6 is 0 Å². The summed E-state index contributed by atoms with van der Waals surface area (Å²) in [5.74, 6) is 1.37. The topological polar surface area (TPSA) is 77.1 Å². The van der Waals surface area contributed by atoms with E-state index < -0.39 is 0 Å². The van der Waals surface area contributed by atoms with Crippen LogP contribution in [0.5, 0.6) is 0 Å². The highest BCUT2D eigenvalue weighted by molar-refractivity contribution is 5.57. The van der Waals surface area contributed by atoms with Gasteiger partial charge in [-0.25, -0.2) is 0 Å². The van der Waals surface area contributed by atoms with Crippen molar-refractivity contribution in [2.24, 2.45) is 0 Å². The zero-order chi connectivity index (χ0) is 17.3. The average Bonchev–Trinajstić information content (AvgIpc) is 3.04. The molecule has 1 saturated heterocycles. The van der Waals surface area contributed by atoms with E-state index in [1.807, 2.05) is 13.0 Å². The molecule has 0 spiro atoms. The molecule has 1 aromatic heterocycles. The fourth-order valence-corrected chi connectivity index (χ4v) is 3.46. The first-order valence-corrected chi connectivity index (χ1v) is 8.36. The van der Waals surface area contributed by atoms with Crippen LogP contribution in [0.15, 0.2) is 24.5 Å². The molecule has 1 aliphatic heterocycles. The number of aromatic nitrogens is 3. The van der Waals surface area contributed by atoms with Gasteiger partial charge in [0.2, 0.25) is 0 Å². The quantitative estimate of drug-likeness (QED) is 0.634. The van der Waals surface area contributed by atoms with E-state index in [0.717, 1.165) is 43.0 Å². The number of nitro benzene ring substituents is 1. The van der Waals surface area contributed by atoms with E-state index in [1.54, 1.807) is 18.5 Å². The van der Waals surface area contributed by atoms with Crippen molar-refractivity contribution in [2.75, 3.05) is 18.0 Å². The van der Waals surface area contributed by atoms with Crippen LogP contribution < -0.4 is 4.90 Å². The number of rotatable bonds is 4. The first kappa shape index (κ1) is 16.4. The van der Waals surface area contributed by atoms with E-state index in [4.69, 9.17) is 0 Å². The number of nitrogens with zero attached hydrogens (tertiary/aromatic N) is 5. The molecule has 7 heteroatoms. The van der Waals surface area contributed by atoms with Crippen molar-refractivity contribution in [3.05, 3.63) is 46.0 Å². The second-order valence-corrected chi connectivity index (χ2v) is 6.70. The SMILES string of the molecule is Cc1cc([N+](=O)[O-])ccc1N1CCCC(c2nncn2C(C)C)C1. The van der Waals surface area contributed by atoms with Gasteiger partial charge in [-0.05, 0) is 45.2 Å². The van der Waals surface area contributed by atoms with Gasteiger partial charge >= 0.3 is 0 Å². The molecule has 0 aliphatic carbocycles. The van der Waals surface area contributed by atoms with Gasteiger partial charge in [0.05, 0.1) is 4.92 Å². The Kier molecular flexibility index (Phi) is 4.51. The maximum atomic E-state index is 10.9. The molecule has 2 heterocycles. The molecule has 1 aromatic carbocycles. The number of nitro groups is 1. The average molecular weight is 329 g/mol. The zero-order valence-corrected chi connectivity index (χ0v) is 14.3. The lowest BCUT2D eigenvalue weighted by Gasteiger charge is -2.35. The highest BCUT2D eigenvalue weighted by Crippen LogP contribution is 2.32. The predicted molar refractivity (Wildman–Crippen MR) is 92.4 cm³/mol. The molecule has 1 atom stereocenters. The first-order valence-electron chi connectivity index (χ1n) is 8.36. The van der Waals surface area contributed by atoms with Crippen LogP contribution in [-0.4, -0.2) is 32.8 Å². The van der Waals surface area contributed by atoms with Crippen molar-refractivity contribution in [3.63, 3.8) is 0 Å². The van der Waals surface area contributed by atoms with Crippen LogP contribution in [0.4, 0.5) is 11.4 Å². The number of hydrogen-bond acceptors (Lipinski definition) is 5. The van der Waals surface area contributed by atoms with Gasteiger partial charge in [0.1, 0.15) is 12.2 Å². The third-order valence-corrected chi connectivity index (χ3v) is 4.68. The minimum absolute atomic E-state index is 0.143. The normalized spacial score (nSPS) is 18.2. The highest BCUT2D eigenvalue weighted by atomic mass is 16.6. The lowest BCUT2D eigenvalue weighted by atomic mass is 9.95. The number of benzene rings is 1. The fraction of sp³-hybridized carbons (Fsp3) is 0.529. The Morgan fingerprint density at radius 1 is 1.38 bits per heavy atom. The number of aryl methyl sites for hydroxylation is 1. The van der Waals surface area contributed by atoms with Gasteiger partial charge in [-0.3, -0.25) is 10.1 Å². The molecule has 0 N–H and O–H groups in total. The molecule has 1 aliphatic rings. The summed E-state index contributed by atoms with van der Waals surface area (Å²) in [5, 5.41) is 19.4. The second kappa shape index (κ2) is 6.59. The van der Waals surface area contributed by atoms with Crippen molar-refractivity contribution in [1.82, 2.24) is 14.8 Å². The summed E-state index contributed by atoms with van der Waals surface area (Å²) in [6.45, 7) is 8.03. The Balaban J connectivity index is 1.83. The summed E-state index contributed by atoms with van der Waals surface area (Å²) >= 11 is 0. The molecule has 0 amide bonds. The Bertz CT molecular complexity index is 740. The van der Waals surface area contributed by atoms with Crippen molar-refractivity contribution < 1.29 is 4.92 Å². The lowest BCUT2D eigenvalue weighted by molar-refractivity contribution is -0.384. The van der Waals surface area contributed by atoms with Gasteiger partial charge < -0.3 is 9.47 Å². The van der Waals surface area contributed by atoms with Gasteiger partial charge in [-0.2, -0.15) is 0 Å². The molecule has 0 saturated carbocycles. The largest absolute Gasteiger partial charge is 0.371 e. The number of anilines is 1. The lowest BCUT2D eigenvalue weighted by Crippen LogP contribution is -2.36. The van der Waals surface area contributed by atoms with Crippen LogP contribution in [0.3, 0.4) is 0 Å². The van der Waals surface area contributed by atoms with E-state index in [0.29, 0.717) is 12.0 Å². The van der Waals surface area contributed by atoms with Gasteiger partial charge in [-0.15, -0.1) is 10.2 Å². The number of non-ortho nitro benzene ring substituents is 1. The Morgan fingerprint density at radius 2 is 2.17 bits per heavy atom. The summed E-state index contributed by atoms with van der Waals surface area (Å²) in [6.07, 6.45) is 3.97. The first-order chi connectivity index (χ1) is 11.5. The monoisotopic (exact) mass is 329 g/mol. The molecule has 3 rings (SSSR count). The highest BCUT2D eigenvalue weighted by Gasteiger charge is 2.27. The summed E-state index contributed by atoms with van der Waals surface area (Å²) in [6, 6.07) is 5.44. The van der Waals surface area contributed by atoms with Gasteiger partial charge in [0.15, 0.2) is 0 Å². The van der Waals surface area contributed by atoms with Crippen LogP contribution in [0.2, 0.25) is 0 Å². The molecule has 0 bridgehead atoms. The molecule has 24 heavy (non-hydrogen) atoms. The Hall–Kier alpha value is -2.44. The maximum absolute atomic E-state index is 10.9. The van der Waals surface area contributed by atoms with Crippen molar-refractivity contribution in [3.8, 4) is 0 Å². The summed E-state index contributed by atoms with van der Waals surface area (Å²) in [7, 11) is 0. The van der Waals surface area contributed by atoms with E-state index in [9.17, 15) is 10.1 Å². The number of hydrogen-bond donors (Lipinski definition) is 0. The second-order valence-electron chi connectivity index (χ2n) is 6.70. The third kappa shape index (κ3) is 3.11. The standard InChI is InChI=1S/C17H23N5O2/c1-12(2)21-11-18-19-17(21)14-5-4-8-20(10-14)16-7-6-15(22(23)24)9-13(16)3/h6-7,9,11-12,14H,4-5,8,10H2,1-3H3. The molecule has 7 nitrogen and oxygen atoms in total. The third-order valence-electron chi connectivity index (χ3n) is 4.68. The van der Waals surface area contributed by atoms with Crippen molar-refractivity contribution in [1.29, 1.82) is 0 Å². The van der Waals surface area contributed by atoms with Gasteiger partial charge in [-0.1, -0.05) is 0 Å². The molecule has 1 fully saturated rings. The summed E-state index contributed by atoms with van der Waals surface area (Å²) in [5.41, 5.74) is 2.15.